The Balaban J connectivity index is 2.34. The molecule has 17 heavy (non-hydrogen) atoms. The highest BCUT2D eigenvalue weighted by molar-refractivity contribution is 5.27. The van der Waals surface area contributed by atoms with Crippen LogP contribution in [-0.2, 0) is 11.2 Å². The molecule has 4 nitrogen and oxygen atoms in total. The number of hydrogen-bond acceptors (Lipinski definition) is 4. The summed E-state index contributed by atoms with van der Waals surface area (Å²) in [7, 11) is 0. The maximum atomic E-state index is 8.85. The summed E-state index contributed by atoms with van der Waals surface area (Å²) >= 11 is 0. The lowest BCUT2D eigenvalue weighted by Crippen LogP contribution is -2.26. The van der Waals surface area contributed by atoms with Crippen molar-refractivity contribution in [3.8, 4) is 5.75 Å². The van der Waals surface area contributed by atoms with E-state index < -0.39 is 0 Å². The first-order valence-electron chi connectivity index (χ1n) is 5.92. The highest BCUT2D eigenvalue weighted by Gasteiger charge is 2.02. The minimum atomic E-state index is -0.195. The summed E-state index contributed by atoms with van der Waals surface area (Å²) in [6, 6.07) is 7.55. The third-order valence-corrected chi connectivity index (χ3v) is 2.36. The fraction of sp³-hybridized carbons (Fsp3) is 0.538. The Kier molecular flexibility index (Phi) is 6.62. The molecule has 0 fully saturated rings. The van der Waals surface area contributed by atoms with E-state index in [0.29, 0.717) is 26.2 Å². The second-order valence-electron chi connectivity index (χ2n) is 3.84. The van der Waals surface area contributed by atoms with Gasteiger partial charge in [-0.15, -0.1) is 0 Å². The maximum Gasteiger partial charge on any atom is 0.119 e. The lowest BCUT2D eigenvalue weighted by atomic mass is 10.1. The minimum Gasteiger partial charge on any atom is -0.491 e. The van der Waals surface area contributed by atoms with Gasteiger partial charge in [-0.3, -0.25) is 0 Å². The van der Waals surface area contributed by atoms with E-state index in [1.807, 2.05) is 31.2 Å². The number of rotatable bonds is 8. The predicted molar refractivity (Wildman–Crippen MR) is 67.2 cm³/mol. The normalized spacial score (nSPS) is 12.4. The van der Waals surface area contributed by atoms with Gasteiger partial charge < -0.3 is 20.3 Å². The molecule has 96 valence electrons. The molecule has 0 amide bonds. The van der Waals surface area contributed by atoms with E-state index in [-0.39, 0.29) is 12.6 Å². The molecule has 4 heteroatoms. The quantitative estimate of drug-likeness (QED) is 0.663. The lowest BCUT2D eigenvalue weighted by molar-refractivity contribution is 0.110. The second kappa shape index (κ2) is 8.06. The SMILES string of the molecule is CCOCCOc1ccc(CC(N)CO)cc1. The molecule has 1 aromatic rings. The van der Waals surface area contributed by atoms with Crippen LogP contribution in [0, 0.1) is 0 Å². The van der Waals surface area contributed by atoms with Gasteiger partial charge in [0.25, 0.3) is 0 Å². The topological polar surface area (TPSA) is 64.7 Å². The smallest absolute Gasteiger partial charge is 0.119 e. The summed E-state index contributed by atoms with van der Waals surface area (Å²) in [4.78, 5) is 0. The molecule has 0 aliphatic heterocycles. The zero-order chi connectivity index (χ0) is 12.5. The Labute approximate surface area is 102 Å². The van der Waals surface area contributed by atoms with Gasteiger partial charge in [-0.2, -0.15) is 0 Å². The van der Waals surface area contributed by atoms with E-state index in [1.54, 1.807) is 0 Å². The Morgan fingerprint density at radius 3 is 2.53 bits per heavy atom. The van der Waals surface area contributed by atoms with Gasteiger partial charge in [0.2, 0.25) is 0 Å². The molecule has 0 saturated heterocycles. The third kappa shape index (κ3) is 5.68. The van der Waals surface area contributed by atoms with Crippen LogP contribution in [0.5, 0.6) is 5.75 Å². The molecule has 1 rings (SSSR count). The monoisotopic (exact) mass is 239 g/mol. The maximum absolute atomic E-state index is 8.85. The minimum absolute atomic E-state index is 0.00656. The Morgan fingerprint density at radius 2 is 1.94 bits per heavy atom. The molecule has 1 aromatic carbocycles. The van der Waals surface area contributed by atoms with Crippen molar-refractivity contribution in [2.24, 2.45) is 5.73 Å². The zero-order valence-corrected chi connectivity index (χ0v) is 10.3. The van der Waals surface area contributed by atoms with Gasteiger partial charge in [0.1, 0.15) is 12.4 Å². The van der Waals surface area contributed by atoms with Gasteiger partial charge >= 0.3 is 0 Å². The first-order valence-corrected chi connectivity index (χ1v) is 5.92. The van der Waals surface area contributed by atoms with Crippen LogP contribution in [0.15, 0.2) is 24.3 Å². The summed E-state index contributed by atoms with van der Waals surface area (Å²) in [6.07, 6.45) is 0.676. The summed E-state index contributed by atoms with van der Waals surface area (Å²) in [5, 5.41) is 8.85. The van der Waals surface area contributed by atoms with E-state index in [2.05, 4.69) is 0 Å². The van der Waals surface area contributed by atoms with Crippen molar-refractivity contribution in [2.45, 2.75) is 19.4 Å². The third-order valence-electron chi connectivity index (χ3n) is 2.36. The summed E-state index contributed by atoms with van der Waals surface area (Å²) in [6.45, 7) is 3.84. The molecule has 0 bridgehead atoms. The van der Waals surface area contributed by atoms with E-state index in [4.69, 9.17) is 20.3 Å². The highest BCUT2D eigenvalue weighted by Crippen LogP contribution is 2.13. The number of nitrogens with two attached hydrogens (primary N) is 1. The van der Waals surface area contributed by atoms with Crippen LogP contribution >= 0.6 is 0 Å². The van der Waals surface area contributed by atoms with Crippen LogP contribution in [0.3, 0.4) is 0 Å². The standard InChI is InChI=1S/C13H21NO3/c1-2-16-7-8-17-13-5-3-11(4-6-13)9-12(14)10-15/h3-6,12,15H,2,7-10,14H2,1H3. The van der Waals surface area contributed by atoms with Crippen LogP contribution in [0.2, 0.25) is 0 Å². The van der Waals surface area contributed by atoms with E-state index in [9.17, 15) is 0 Å². The van der Waals surface area contributed by atoms with Crippen LogP contribution in [0.25, 0.3) is 0 Å². The molecule has 0 saturated carbocycles. The second-order valence-corrected chi connectivity index (χ2v) is 3.84. The zero-order valence-electron chi connectivity index (χ0n) is 10.3. The Morgan fingerprint density at radius 1 is 1.24 bits per heavy atom. The number of ether oxygens (including phenoxy) is 2. The number of hydrogen-bond donors (Lipinski definition) is 2. The Bertz CT molecular complexity index is 300. The van der Waals surface area contributed by atoms with E-state index in [1.165, 1.54) is 0 Å². The number of aliphatic hydroxyl groups is 1. The molecule has 0 radical (unpaired) electrons. The summed E-state index contributed by atoms with van der Waals surface area (Å²) in [5.41, 5.74) is 6.76. The fourth-order valence-electron chi connectivity index (χ4n) is 1.45. The summed E-state index contributed by atoms with van der Waals surface area (Å²) in [5.74, 6) is 0.825. The van der Waals surface area contributed by atoms with Gasteiger partial charge in [-0.1, -0.05) is 12.1 Å². The van der Waals surface area contributed by atoms with Crippen LogP contribution in [0.4, 0.5) is 0 Å². The van der Waals surface area contributed by atoms with Gasteiger partial charge in [-0.05, 0) is 31.0 Å². The van der Waals surface area contributed by atoms with Gasteiger partial charge in [0.05, 0.1) is 13.2 Å². The fourth-order valence-corrected chi connectivity index (χ4v) is 1.45. The van der Waals surface area contributed by atoms with E-state index in [0.717, 1.165) is 11.3 Å². The van der Waals surface area contributed by atoms with Crippen LogP contribution in [-0.4, -0.2) is 37.6 Å². The van der Waals surface area contributed by atoms with Crippen molar-refractivity contribution in [1.82, 2.24) is 0 Å². The molecular weight excluding hydrogens is 218 g/mol. The average Bonchev–Trinajstić information content (AvgIpc) is 2.36. The van der Waals surface area contributed by atoms with Crippen molar-refractivity contribution in [3.63, 3.8) is 0 Å². The van der Waals surface area contributed by atoms with Crippen molar-refractivity contribution in [2.75, 3.05) is 26.4 Å². The molecule has 0 aromatic heterocycles. The Hall–Kier alpha value is -1.10. The van der Waals surface area contributed by atoms with Crippen LogP contribution in [0.1, 0.15) is 12.5 Å². The van der Waals surface area contributed by atoms with Crippen molar-refractivity contribution >= 4 is 0 Å². The predicted octanol–water partition coefficient (Wildman–Crippen LogP) is 0.964. The average molecular weight is 239 g/mol. The number of benzene rings is 1. The molecule has 1 unspecified atom stereocenters. The first-order chi connectivity index (χ1) is 8.26. The van der Waals surface area contributed by atoms with Gasteiger partial charge in [0.15, 0.2) is 0 Å². The number of aliphatic hydroxyl groups excluding tert-OH is 1. The molecule has 1 atom stereocenters. The van der Waals surface area contributed by atoms with Crippen molar-refractivity contribution in [1.29, 1.82) is 0 Å². The molecule has 0 aliphatic carbocycles. The van der Waals surface area contributed by atoms with E-state index >= 15 is 0 Å². The van der Waals surface area contributed by atoms with Crippen molar-refractivity contribution < 1.29 is 14.6 Å². The molecule has 0 spiro atoms. The highest BCUT2D eigenvalue weighted by atomic mass is 16.5. The van der Waals surface area contributed by atoms with Crippen molar-refractivity contribution in [3.05, 3.63) is 29.8 Å². The molecule has 3 N–H and O–H groups in total. The molecular formula is C13H21NO3. The molecule has 0 heterocycles. The van der Waals surface area contributed by atoms with Gasteiger partial charge in [-0.25, -0.2) is 0 Å². The lowest BCUT2D eigenvalue weighted by Gasteiger charge is -2.09. The first kappa shape index (κ1) is 14.0. The largest absolute Gasteiger partial charge is 0.491 e. The summed E-state index contributed by atoms with van der Waals surface area (Å²) < 4.78 is 10.7. The molecule has 0 aliphatic rings. The van der Waals surface area contributed by atoms with Crippen LogP contribution < -0.4 is 10.5 Å². The van der Waals surface area contributed by atoms with Gasteiger partial charge in [0, 0.05) is 12.6 Å².